The van der Waals surface area contributed by atoms with Gasteiger partial charge >= 0.3 is 0 Å². The lowest BCUT2D eigenvalue weighted by Gasteiger charge is -2.12. The predicted molar refractivity (Wildman–Crippen MR) is 63.1 cm³/mol. The molecule has 0 unspecified atom stereocenters. The van der Waals surface area contributed by atoms with Crippen LogP contribution in [0.15, 0.2) is 18.2 Å². The third-order valence-electron chi connectivity index (χ3n) is 2.34. The van der Waals surface area contributed by atoms with Gasteiger partial charge in [0.1, 0.15) is 0 Å². The summed E-state index contributed by atoms with van der Waals surface area (Å²) in [6.07, 6.45) is 0. The zero-order chi connectivity index (χ0) is 11.4. The Morgan fingerprint density at radius 2 is 2.00 bits per heavy atom. The topological polar surface area (TPSA) is 32.3 Å². The van der Waals surface area contributed by atoms with E-state index in [1.165, 1.54) is 5.56 Å². The van der Waals surface area contributed by atoms with Gasteiger partial charge in [-0.15, -0.1) is 0 Å². The van der Waals surface area contributed by atoms with E-state index in [2.05, 4.69) is 5.32 Å². The first-order chi connectivity index (χ1) is 7.00. The minimum absolute atomic E-state index is 0.0219. The molecule has 82 valence electrons. The number of nitrogens with zero attached hydrogens (tertiary/aromatic N) is 1. The first-order valence-electron chi connectivity index (χ1n) is 5.01. The second-order valence-corrected chi connectivity index (χ2v) is 4.03. The minimum atomic E-state index is 0.0219. The zero-order valence-electron chi connectivity index (χ0n) is 9.79. The lowest BCUT2D eigenvalue weighted by atomic mass is 10.1. The molecule has 0 atom stereocenters. The van der Waals surface area contributed by atoms with Crippen molar-refractivity contribution in [3.63, 3.8) is 0 Å². The van der Waals surface area contributed by atoms with Crippen molar-refractivity contribution >= 4 is 11.6 Å². The molecule has 0 aliphatic carbocycles. The smallest absolute Gasteiger partial charge is 0.238 e. The SMILES string of the molecule is Cc1cccc(NC(=O)CN(C)C)c1C. The molecule has 0 spiro atoms. The maximum Gasteiger partial charge on any atom is 0.238 e. The van der Waals surface area contributed by atoms with Crippen molar-refractivity contribution < 1.29 is 4.79 Å². The van der Waals surface area contributed by atoms with Gasteiger partial charge in [0.2, 0.25) is 5.91 Å². The van der Waals surface area contributed by atoms with Crippen LogP contribution in [0.4, 0.5) is 5.69 Å². The lowest BCUT2D eigenvalue weighted by Crippen LogP contribution is -2.27. The molecule has 0 saturated heterocycles. The molecular weight excluding hydrogens is 188 g/mol. The quantitative estimate of drug-likeness (QED) is 0.818. The standard InChI is InChI=1S/C12H18N2O/c1-9-6-5-7-11(10(9)2)13-12(15)8-14(3)4/h5-7H,8H2,1-4H3,(H,13,15). The molecule has 1 N–H and O–H groups in total. The maximum atomic E-state index is 11.5. The van der Waals surface area contributed by atoms with Crippen LogP contribution in [0.25, 0.3) is 0 Å². The molecular formula is C12H18N2O. The highest BCUT2D eigenvalue weighted by Crippen LogP contribution is 2.17. The molecule has 0 heterocycles. The largest absolute Gasteiger partial charge is 0.325 e. The van der Waals surface area contributed by atoms with Crippen LogP contribution >= 0.6 is 0 Å². The van der Waals surface area contributed by atoms with E-state index in [1.54, 1.807) is 0 Å². The van der Waals surface area contributed by atoms with E-state index in [-0.39, 0.29) is 5.91 Å². The average Bonchev–Trinajstić information content (AvgIpc) is 2.11. The molecule has 3 nitrogen and oxygen atoms in total. The molecule has 1 amide bonds. The van der Waals surface area contributed by atoms with E-state index in [0.717, 1.165) is 11.3 Å². The van der Waals surface area contributed by atoms with Crippen molar-refractivity contribution in [3.8, 4) is 0 Å². The zero-order valence-corrected chi connectivity index (χ0v) is 9.79. The highest BCUT2D eigenvalue weighted by molar-refractivity contribution is 5.93. The van der Waals surface area contributed by atoms with E-state index in [9.17, 15) is 4.79 Å². The first-order valence-corrected chi connectivity index (χ1v) is 5.01. The normalized spacial score (nSPS) is 10.5. The van der Waals surface area contributed by atoms with Gasteiger partial charge in [0.25, 0.3) is 0 Å². The second-order valence-electron chi connectivity index (χ2n) is 4.03. The number of likely N-dealkylation sites (N-methyl/N-ethyl adjacent to an activating group) is 1. The Morgan fingerprint density at radius 3 is 2.60 bits per heavy atom. The van der Waals surface area contributed by atoms with Gasteiger partial charge in [-0.3, -0.25) is 4.79 Å². The number of carbonyl (C=O) groups excluding carboxylic acids is 1. The Bertz CT molecular complexity index is 359. The summed E-state index contributed by atoms with van der Waals surface area (Å²) in [6, 6.07) is 5.92. The van der Waals surface area contributed by atoms with Crippen molar-refractivity contribution in [2.45, 2.75) is 13.8 Å². The predicted octanol–water partition coefficient (Wildman–Crippen LogP) is 1.80. The van der Waals surface area contributed by atoms with Gasteiger partial charge in [-0.2, -0.15) is 0 Å². The Morgan fingerprint density at radius 1 is 1.33 bits per heavy atom. The molecule has 1 rings (SSSR count). The Balaban J connectivity index is 2.73. The fraction of sp³-hybridized carbons (Fsp3) is 0.417. The summed E-state index contributed by atoms with van der Waals surface area (Å²) in [6.45, 7) is 4.46. The molecule has 0 bridgehead atoms. The molecule has 0 radical (unpaired) electrons. The third-order valence-corrected chi connectivity index (χ3v) is 2.34. The van der Waals surface area contributed by atoms with E-state index in [0.29, 0.717) is 6.54 Å². The molecule has 0 aliphatic rings. The number of hydrogen-bond donors (Lipinski definition) is 1. The fourth-order valence-corrected chi connectivity index (χ4v) is 1.36. The number of rotatable bonds is 3. The summed E-state index contributed by atoms with van der Waals surface area (Å²) >= 11 is 0. The van der Waals surface area contributed by atoms with Gasteiger partial charge in [0.15, 0.2) is 0 Å². The van der Waals surface area contributed by atoms with Crippen LogP contribution in [-0.4, -0.2) is 31.4 Å². The van der Waals surface area contributed by atoms with Gasteiger partial charge in [0.05, 0.1) is 6.54 Å². The highest BCUT2D eigenvalue weighted by atomic mass is 16.2. The van der Waals surface area contributed by atoms with Crippen LogP contribution in [0.2, 0.25) is 0 Å². The number of aryl methyl sites for hydroxylation is 1. The van der Waals surface area contributed by atoms with Crippen molar-refractivity contribution in [3.05, 3.63) is 29.3 Å². The molecule has 1 aromatic carbocycles. The number of anilines is 1. The molecule has 15 heavy (non-hydrogen) atoms. The van der Waals surface area contributed by atoms with E-state index >= 15 is 0 Å². The Labute approximate surface area is 91.1 Å². The minimum Gasteiger partial charge on any atom is -0.325 e. The van der Waals surface area contributed by atoms with Crippen LogP contribution in [0.3, 0.4) is 0 Å². The number of benzene rings is 1. The molecule has 3 heteroatoms. The van der Waals surface area contributed by atoms with Crippen LogP contribution in [-0.2, 0) is 4.79 Å². The Kier molecular flexibility index (Phi) is 3.86. The second kappa shape index (κ2) is 4.94. The summed E-state index contributed by atoms with van der Waals surface area (Å²) < 4.78 is 0. The van der Waals surface area contributed by atoms with Crippen LogP contribution < -0.4 is 5.32 Å². The summed E-state index contributed by atoms with van der Waals surface area (Å²) in [5, 5.41) is 2.90. The van der Waals surface area contributed by atoms with Crippen LogP contribution in [0, 0.1) is 13.8 Å². The van der Waals surface area contributed by atoms with E-state index in [4.69, 9.17) is 0 Å². The highest BCUT2D eigenvalue weighted by Gasteiger charge is 2.06. The van der Waals surface area contributed by atoms with Crippen LogP contribution in [0.1, 0.15) is 11.1 Å². The number of carbonyl (C=O) groups is 1. The monoisotopic (exact) mass is 206 g/mol. The number of amides is 1. The maximum absolute atomic E-state index is 11.5. The molecule has 0 fully saturated rings. The fourth-order valence-electron chi connectivity index (χ4n) is 1.36. The summed E-state index contributed by atoms with van der Waals surface area (Å²) in [7, 11) is 3.76. The van der Waals surface area contributed by atoms with Gasteiger partial charge in [-0.1, -0.05) is 12.1 Å². The van der Waals surface area contributed by atoms with E-state index in [1.807, 2.05) is 51.0 Å². The third kappa shape index (κ3) is 3.36. The van der Waals surface area contributed by atoms with Crippen LogP contribution in [0.5, 0.6) is 0 Å². The van der Waals surface area contributed by atoms with Gasteiger partial charge in [-0.25, -0.2) is 0 Å². The average molecular weight is 206 g/mol. The molecule has 0 saturated carbocycles. The summed E-state index contributed by atoms with van der Waals surface area (Å²) in [5.41, 5.74) is 3.23. The van der Waals surface area contributed by atoms with Crippen molar-refractivity contribution in [2.75, 3.05) is 26.0 Å². The molecule has 1 aromatic rings. The van der Waals surface area contributed by atoms with Crippen molar-refractivity contribution in [2.24, 2.45) is 0 Å². The van der Waals surface area contributed by atoms with Gasteiger partial charge in [0, 0.05) is 5.69 Å². The van der Waals surface area contributed by atoms with Gasteiger partial charge in [-0.05, 0) is 45.1 Å². The molecule has 0 aromatic heterocycles. The number of hydrogen-bond acceptors (Lipinski definition) is 2. The number of nitrogens with one attached hydrogen (secondary N) is 1. The first kappa shape index (κ1) is 11.7. The summed E-state index contributed by atoms with van der Waals surface area (Å²) in [4.78, 5) is 13.4. The Hall–Kier alpha value is -1.35. The van der Waals surface area contributed by atoms with Gasteiger partial charge < -0.3 is 10.2 Å². The van der Waals surface area contributed by atoms with Crippen molar-refractivity contribution in [1.29, 1.82) is 0 Å². The summed E-state index contributed by atoms with van der Waals surface area (Å²) in [5.74, 6) is 0.0219. The van der Waals surface area contributed by atoms with Crippen molar-refractivity contribution in [1.82, 2.24) is 4.90 Å². The lowest BCUT2D eigenvalue weighted by molar-refractivity contribution is -0.116. The molecule has 0 aliphatic heterocycles. The van der Waals surface area contributed by atoms with E-state index < -0.39 is 0 Å².